The summed E-state index contributed by atoms with van der Waals surface area (Å²) in [6.45, 7) is 0.508. The second-order valence-corrected chi connectivity index (χ2v) is 6.51. The smallest absolute Gasteiger partial charge is 0.213 e. The highest BCUT2D eigenvalue weighted by molar-refractivity contribution is 7.98. The predicted molar refractivity (Wildman–Crippen MR) is 93.0 cm³/mol. The van der Waals surface area contributed by atoms with Crippen LogP contribution in [0.15, 0.2) is 46.3 Å². The fourth-order valence-electron chi connectivity index (χ4n) is 2.64. The average molecular weight is 326 g/mol. The van der Waals surface area contributed by atoms with Crippen molar-refractivity contribution < 1.29 is 4.74 Å². The maximum atomic E-state index is 5.15. The van der Waals surface area contributed by atoms with Crippen LogP contribution in [0, 0.1) is 0 Å². The van der Waals surface area contributed by atoms with E-state index < -0.39 is 0 Å². The van der Waals surface area contributed by atoms with Crippen molar-refractivity contribution in [2.75, 3.05) is 12.4 Å². The van der Waals surface area contributed by atoms with Crippen molar-refractivity contribution in [2.24, 2.45) is 4.99 Å². The number of hydrogen-bond acceptors (Lipinski definition) is 4. The van der Waals surface area contributed by atoms with E-state index in [9.17, 15) is 0 Å². The van der Waals surface area contributed by atoms with E-state index in [0.29, 0.717) is 18.3 Å². The summed E-state index contributed by atoms with van der Waals surface area (Å²) in [7, 11) is 1.62. The number of nitrogens with one attached hydrogen (secondary N) is 2. The van der Waals surface area contributed by atoms with Crippen LogP contribution >= 0.6 is 11.9 Å². The van der Waals surface area contributed by atoms with Crippen LogP contribution in [-0.2, 0) is 6.54 Å². The maximum absolute atomic E-state index is 5.15. The van der Waals surface area contributed by atoms with Gasteiger partial charge in [0.1, 0.15) is 0 Å². The van der Waals surface area contributed by atoms with Crippen molar-refractivity contribution in [2.45, 2.75) is 30.2 Å². The molecule has 1 aromatic carbocycles. The summed E-state index contributed by atoms with van der Waals surface area (Å²) in [5.74, 6) is 2.10. The molecule has 0 radical (unpaired) electrons. The van der Waals surface area contributed by atoms with Crippen molar-refractivity contribution in [3.63, 3.8) is 0 Å². The zero-order valence-electron chi connectivity index (χ0n) is 12.9. The molecular weight excluding hydrogens is 308 g/mol. The Morgan fingerprint density at radius 3 is 2.96 bits per heavy atom. The highest BCUT2D eigenvalue weighted by Crippen LogP contribution is 2.46. The second-order valence-electron chi connectivity index (χ2n) is 5.66. The van der Waals surface area contributed by atoms with Gasteiger partial charge in [0.25, 0.3) is 0 Å². The molecule has 1 aromatic heterocycles. The van der Waals surface area contributed by atoms with Crippen LogP contribution in [0.4, 0.5) is 5.69 Å². The Bertz CT molecular complexity index is 758. The molecule has 2 N–H and O–H groups in total. The molecule has 1 fully saturated rings. The van der Waals surface area contributed by atoms with Gasteiger partial charge in [0.2, 0.25) is 11.8 Å². The lowest BCUT2D eigenvalue weighted by molar-refractivity contribution is 0.396. The van der Waals surface area contributed by atoms with E-state index in [0.717, 1.165) is 11.7 Å². The van der Waals surface area contributed by atoms with Gasteiger partial charge in [-0.25, -0.2) is 9.98 Å². The Hall–Kier alpha value is -2.21. The first-order valence-electron chi connectivity index (χ1n) is 7.70. The van der Waals surface area contributed by atoms with E-state index in [2.05, 4.69) is 38.2 Å². The first-order valence-corrected chi connectivity index (χ1v) is 8.52. The molecule has 1 saturated carbocycles. The molecule has 0 atom stereocenters. The number of benzene rings is 1. The van der Waals surface area contributed by atoms with Crippen LogP contribution in [0.25, 0.3) is 0 Å². The number of guanidine groups is 1. The zero-order chi connectivity index (χ0) is 15.6. The molecule has 23 heavy (non-hydrogen) atoms. The van der Waals surface area contributed by atoms with Crippen LogP contribution in [0.5, 0.6) is 5.88 Å². The number of fused-ring (bicyclic) bond motifs is 1. The van der Waals surface area contributed by atoms with E-state index in [1.807, 2.05) is 18.2 Å². The van der Waals surface area contributed by atoms with Gasteiger partial charge in [0.05, 0.1) is 29.9 Å². The number of para-hydroxylation sites is 1. The predicted octanol–water partition coefficient (Wildman–Crippen LogP) is 3.55. The number of ether oxygens (including phenoxy) is 1. The highest BCUT2D eigenvalue weighted by atomic mass is 32.2. The third-order valence-corrected chi connectivity index (χ3v) is 4.82. The monoisotopic (exact) mass is 326 g/mol. The lowest BCUT2D eigenvalue weighted by Crippen LogP contribution is -2.30. The number of nitrogens with zero attached hydrogens (tertiary/aromatic N) is 2. The van der Waals surface area contributed by atoms with Crippen molar-refractivity contribution in [1.82, 2.24) is 9.71 Å². The fraction of sp³-hybridized carbons (Fsp3) is 0.294. The molecule has 118 valence electrons. The zero-order valence-corrected chi connectivity index (χ0v) is 13.7. The van der Waals surface area contributed by atoms with Crippen LogP contribution in [0.1, 0.15) is 30.0 Å². The van der Waals surface area contributed by atoms with E-state index in [4.69, 9.17) is 4.74 Å². The highest BCUT2D eigenvalue weighted by Gasteiger charge is 2.28. The Labute approximate surface area is 139 Å². The summed E-state index contributed by atoms with van der Waals surface area (Å²) in [5.41, 5.74) is 3.49. The Balaban J connectivity index is 1.53. The standard InChI is InChI=1S/C17H18N4OS/c1-22-15-7-2-4-12(19-15)10-18-17-20-16-13(11-8-9-11)5-3-6-14(16)23-21-17/h2-7,11H,8-10H2,1H3,(H2,18,20,21). The van der Waals surface area contributed by atoms with Crippen molar-refractivity contribution in [3.8, 4) is 5.88 Å². The number of methoxy groups -OCH3 is 1. The number of rotatable bonds is 4. The summed E-state index contributed by atoms with van der Waals surface area (Å²) in [6, 6.07) is 12.2. The largest absolute Gasteiger partial charge is 0.481 e. The Morgan fingerprint density at radius 2 is 2.13 bits per heavy atom. The van der Waals surface area contributed by atoms with Crippen molar-refractivity contribution in [1.29, 1.82) is 0 Å². The molecule has 6 heteroatoms. The minimum absolute atomic E-state index is 0.508. The van der Waals surface area contributed by atoms with Gasteiger partial charge in [-0.3, -0.25) is 4.72 Å². The van der Waals surface area contributed by atoms with Gasteiger partial charge >= 0.3 is 0 Å². The minimum Gasteiger partial charge on any atom is -0.481 e. The fourth-order valence-corrected chi connectivity index (χ4v) is 3.38. The third kappa shape index (κ3) is 3.12. The topological polar surface area (TPSA) is 58.5 Å². The summed E-state index contributed by atoms with van der Waals surface area (Å²) < 4.78 is 8.40. The normalized spacial score (nSPS) is 18.0. The van der Waals surface area contributed by atoms with Gasteiger partial charge in [-0.05, 0) is 48.4 Å². The maximum Gasteiger partial charge on any atom is 0.213 e. The molecule has 0 unspecified atom stereocenters. The molecule has 2 aliphatic rings. The number of aliphatic imine (C=N–C) groups is 1. The molecular formula is C17H18N4OS. The number of aromatic nitrogens is 1. The van der Waals surface area contributed by atoms with E-state index in [1.165, 1.54) is 29.0 Å². The minimum atomic E-state index is 0.508. The van der Waals surface area contributed by atoms with E-state index >= 15 is 0 Å². The number of anilines is 1. The van der Waals surface area contributed by atoms with Gasteiger partial charge in [-0.15, -0.1) is 0 Å². The molecule has 2 aromatic rings. The Morgan fingerprint density at radius 1 is 1.26 bits per heavy atom. The molecule has 5 nitrogen and oxygen atoms in total. The van der Waals surface area contributed by atoms with Gasteiger partial charge in [0.15, 0.2) is 0 Å². The van der Waals surface area contributed by atoms with Crippen LogP contribution in [0.3, 0.4) is 0 Å². The Kier molecular flexibility index (Phi) is 3.83. The van der Waals surface area contributed by atoms with Crippen molar-refractivity contribution in [3.05, 3.63) is 47.7 Å². The summed E-state index contributed by atoms with van der Waals surface area (Å²) in [5, 5.41) is 3.44. The first kappa shape index (κ1) is 14.4. The quantitative estimate of drug-likeness (QED) is 0.842. The average Bonchev–Trinajstić information content (AvgIpc) is 3.44. The van der Waals surface area contributed by atoms with Crippen LogP contribution < -0.4 is 14.8 Å². The van der Waals surface area contributed by atoms with E-state index in [-0.39, 0.29) is 0 Å². The third-order valence-electron chi connectivity index (χ3n) is 3.97. The van der Waals surface area contributed by atoms with Crippen LogP contribution in [-0.4, -0.2) is 18.1 Å². The molecule has 2 heterocycles. The molecule has 0 amide bonds. The molecule has 0 spiro atoms. The second kappa shape index (κ2) is 6.12. The van der Waals surface area contributed by atoms with Gasteiger partial charge in [-0.1, -0.05) is 18.2 Å². The summed E-state index contributed by atoms with van der Waals surface area (Å²) in [6.07, 6.45) is 2.58. The lowest BCUT2D eigenvalue weighted by Gasteiger charge is -2.23. The van der Waals surface area contributed by atoms with Gasteiger partial charge < -0.3 is 10.1 Å². The molecule has 0 bridgehead atoms. The van der Waals surface area contributed by atoms with Crippen molar-refractivity contribution >= 4 is 23.6 Å². The molecule has 1 aliphatic heterocycles. The first-order chi connectivity index (χ1) is 11.3. The molecule has 1 aliphatic carbocycles. The van der Waals surface area contributed by atoms with Gasteiger partial charge in [0, 0.05) is 6.07 Å². The lowest BCUT2D eigenvalue weighted by atomic mass is 10.1. The van der Waals surface area contributed by atoms with E-state index in [1.54, 1.807) is 19.1 Å². The number of hydrogen-bond donors (Lipinski definition) is 2. The van der Waals surface area contributed by atoms with Gasteiger partial charge in [-0.2, -0.15) is 0 Å². The summed E-state index contributed by atoms with van der Waals surface area (Å²) >= 11 is 1.61. The molecule has 0 saturated heterocycles. The van der Waals surface area contributed by atoms with Crippen LogP contribution in [0.2, 0.25) is 0 Å². The number of pyridine rings is 1. The summed E-state index contributed by atoms with van der Waals surface area (Å²) in [4.78, 5) is 10.2. The SMILES string of the molecule is COc1cccc(CN=C2NSc3cccc(C4CC4)c3N2)n1. The molecule has 4 rings (SSSR count).